The van der Waals surface area contributed by atoms with Crippen LogP contribution in [-0.2, 0) is 10.2 Å². The van der Waals surface area contributed by atoms with E-state index in [1.165, 1.54) is 23.6 Å². The third kappa shape index (κ3) is 5.85. The first-order valence-corrected chi connectivity index (χ1v) is 9.69. The minimum absolute atomic E-state index is 0.0887. The zero-order chi connectivity index (χ0) is 15.5. The van der Waals surface area contributed by atoms with Gasteiger partial charge in [0.05, 0.1) is 0 Å². The first kappa shape index (κ1) is 17.2. The Bertz CT molecular complexity index is 432. The summed E-state index contributed by atoms with van der Waals surface area (Å²) in [5, 5.41) is 3.41. The molecule has 0 saturated heterocycles. The maximum atomic E-state index is 12.3. The molecule has 0 spiro atoms. The van der Waals surface area contributed by atoms with E-state index in [-0.39, 0.29) is 11.5 Å². The topological polar surface area (TPSA) is 61.4 Å². The predicted octanol–water partition coefficient (Wildman–Crippen LogP) is 1.86. The smallest absolute Gasteiger partial charge is 0.279 e. The Labute approximate surface area is 130 Å². The van der Waals surface area contributed by atoms with E-state index in [0.717, 1.165) is 32.2 Å². The van der Waals surface area contributed by atoms with Gasteiger partial charge in [-0.25, -0.2) is 0 Å². The average Bonchev–Trinajstić information content (AvgIpc) is 3.16. The summed E-state index contributed by atoms with van der Waals surface area (Å²) in [5.41, 5.74) is 0.248. The summed E-state index contributed by atoms with van der Waals surface area (Å²) in [4.78, 5) is 0. The van der Waals surface area contributed by atoms with Gasteiger partial charge in [0.1, 0.15) is 0 Å². The molecular weight excluding hydrogens is 286 g/mol. The normalized spacial score (nSPS) is 26.2. The molecule has 6 heteroatoms. The maximum absolute atomic E-state index is 12.3. The molecule has 5 nitrogen and oxygen atoms in total. The summed E-state index contributed by atoms with van der Waals surface area (Å²) in [7, 11) is -1.67. The van der Waals surface area contributed by atoms with E-state index in [0.29, 0.717) is 12.6 Å². The van der Waals surface area contributed by atoms with Crippen molar-refractivity contribution < 1.29 is 8.42 Å². The molecule has 0 aliphatic heterocycles. The molecule has 1 unspecified atom stereocenters. The van der Waals surface area contributed by atoms with Gasteiger partial charge < -0.3 is 5.32 Å². The molecule has 2 aliphatic carbocycles. The van der Waals surface area contributed by atoms with Crippen molar-refractivity contribution in [1.82, 2.24) is 14.3 Å². The van der Waals surface area contributed by atoms with Crippen LogP contribution in [0.1, 0.15) is 58.8 Å². The SMILES string of the molecule is CN(CCCNC1CC1)S(=O)(=O)NC1CCCC(C)(C)C1. The minimum atomic E-state index is -3.34. The van der Waals surface area contributed by atoms with E-state index < -0.39 is 10.2 Å². The van der Waals surface area contributed by atoms with Crippen LogP contribution in [0.5, 0.6) is 0 Å². The third-order valence-electron chi connectivity index (χ3n) is 4.59. The van der Waals surface area contributed by atoms with E-state index in [2.05, 4.69) is 23.9 Å². The van der Waals surface area contributed by atoms with Crippen LogP contribution in [0.2, 0.25) is 0 Å². The summed E-state index contributed by atoms with van der Waals surface area (Å²) >= 11 is 0. The van der Waals surface area contributed by atoms with E-state index >= 15 is 0 Å². The van der Waals surface area contributed by atoms with Crippen molar-refractivity contribution in [2.45, 2.75) is 70.9 Å². The van der Waals surface area contributed by atoms with Crippen molar-refractivity contribution in [1.29, 1.82) is 0 Å². The highest BCUT2D eigenvalue weighted by Crippen LogP contribution is 2.35. The quantitative estimate of drug-likeness (QED) is 0.672. The molecule has 2 rings (SSSR count). The summed E-state index contributed by atoms with van der Waals surface area (Å²) in [6, 6.07) is 0.778. The monoisotopic (exact) mass is 317 g/mol. The fraction of sp³-hybridized carbons (Fsp3) is 1.00. The standard InChI is InChI=1S/C15H31N3O2S/c1-15(2)9-4-6-14(12-15)17-21(19,20)18(3)11-5-10-16-13-7-8-13/h13-14,16-17H,4-12H2,1-3H3. The average molecular weight is 317 g/mol. The molecule has 0 aromatic carbocycles. The van der Waals surface area contributed by atoms with Crippen molar-refractivity contribution >= 4 is 10.2 Å². The van der Waals surface area contributed by atoms with Gasteiger partial charge >= 0.3 is 0 Å². The molecule has 0 heterocycles. The Hall–Kier alpha value is -0.170. The zero-order valence-corrected chi connectivity index (χ0v) is 14.5. The minimum Gasteiger partial charge on any atom is -0.314 e. The van der Waals surface area contributed by atoms with E-state index in [9.17, 15) is 8.42 Å². The van der Waals surface area contributed by atoms with Crippen molar-refractivity contribution in [3.05, 3.63) is 0 Å². The molecule has 21 heavy (non-hydrogen) atoms. The van der Waals surface area contributed by atoms with Gasteiger partial charge in [-0.1, -0.05) is 20.3 Å². The number of rotatable bonds is 8. The number of nitrogens with zero attached hydrogens (tertiary/aromatic N) is 1. The summed E-state index contributed by atoms with van der Waals surface area (Å²) in [6.45, 7) is 5.92. The largest absolute Gasteiger partial charge is 0.314 e. The molecule has 0 radical (unpaired) electrons. The van der Waals surface area contributed by atoms with Gasteiger partial charge in [0.2, 0.25) is 0 Å². The van der Waals surface area contributed by atoms with Crippen molar-refractivity contribution in [2.24, 2.45) is 5.41 Å². The maximum Gasteiger partial charge on any atom is 0.279 e. The lowest BCUT2D eigenvalue weighted by atomic mass is 9.75. The highest BCUT2D eigenvalue weighted by Gasteiger charge is 2.31. The van der Waals surface area contributed by atoms with Gasteiger partial charge in [0.15, 0.2) is 0 Å². The van der Waals surface area contributed by atoms with Crippen LogP contribution < -0.4 is 10.0 Å². The molecule has 0 aromatic heterocycles. The highest BCUT2D eigenvalue weighted by atomic mass is 32.2. The Kier molecular flexibility index (Phi) is 5.68. The lowest BCUT2D eigenvalue weighted by Crippen LogP contribution is -2.47. The third-order valence-corrected chi connectivity index (χ3v) is 6.23. The molecule has 2 N–H and O–H groups in total. The Morgan fingerprint density at radius 1 is 1.19 bits per heavy atom. The van der Waals surface area contributed by atoms with Crippen molar-refractivity contribution in [3.8, 4) is 0 Å². The Morgan fingerprint density at radius 3 is 2.52 bits per heavy atom. The van der Waals surface area contributed by atoms with Crippen LogP contribution in [0.3, 0.4) is 0 Å². The fourth-order valence-electron chi connectivity index (χ4n) is 3.11. The van der Waals surface area contributed by atoms with E-state index in [1.807, 2.05) is 0 Å². The molecule has 1 atom stereocenters. The molecule has 0 amide bonds. The fourth-order valence-corrected chi connectivity index (χ4v) is 4.29. The van der Waals surface area contributed by atoms with Crippen LogP contribution in [0, 0.1) is 5.41 Å². The number of hydrogen-bond acceptors (Lipinski definition) is 3. The van der Waals surface area contributed by atoms with Crippen LogP contribution in [0.15, 0.2) is 0 Å². The summed E-state index contributed by atoms with van der Waals surface area (Å²) < 4.78 is 29.0. The first-order valence-electron chi connectivity index (χ1n) is 8.25. The summed E-state index contributed by atoms with van der Waals surface area (Å²) in [6.07, 6.45) is 7.59. The van der Waals surface area contributed by atoms with Gasteiger partial charge in [-0.2, -0.15) is 17.4 Å². The zero-order valence-electron chi connectivity index (χ0n) is 13.7. The molecule has 2 fully saturated rings. The second-order valence-corrected chi connectivity index (χ2v) is 9.29. The summed E-state index contributed by atoms with van der Waals surface area (Å²) in [5.74, 6) is 0. The van der Waals surface area contributed by atoms with E-state index in [4.69, 9.17) is 0 Å². The van der Waals surface area contributed by atoms with Crippen molar-refractivity contribution in [2.75, 3.05) is 20.1 Å². The molecule has 2 saturated carbocycles. The molecular formula is C15H31N3O2S. The Balaban J connectivity index is 1.73. The number of hydrogen-bond donors (Lipinski definition) is 2. The van der Waals surface area contributed by atoms with Crippen LogP contribution >= 0.6 is 0 Å². The van der Waals surface area contributed by atoms with Crippen LogP contribution in [-0.4, -0.2) is 44.9 Å². The molecule has 0 aromatic rings. The lowest BCUT2D eigenvalue weighted by Gasteiger charge is -2.36. The Morgan fingerprint density at radius 2 is 1.90 bits per heavy atom. The van der Waals surface area contributed by atoms with Gasteiger partial charge in [0, 0.05) is 25.7 Å². The van der Waals surface area contributed by atoms with Gasteiger partial charge in [-0.05, 0) is 50.5 Å². The van der Waals surface area contributed by atoms with Crippen LogP contribution in [0.25, 0.3) is 0 Å². The number of nitrogens with one attached hydrogen (secondary N) is 2. The second kappa shape index (κ2) is 6.94. The lowest BCUT2D eigenvalue weighted by molar-refractivity contribution is 0.210. The predicted molar refractivity (Wildman–Crippen MR) is 86.4 cm³/mol. The second-order valence-electron chi connectivity index (χ2n) is 7.48. The molecule has 2 aliphatic rings. The first-order chi connectivity index (χ1) is 9.78. The van der Waals surface area contributed by atoms with Crippen molar-refractivity contribution in [3.63, 3.8) is 0 Å². The van der Waals surface area contributed by atoms with Gasteiger partial charge in [-0.15, -0.1) is 0 Å². The molecule has 0 bridgehead atoms. The van der Waals surface area contributed by atoms with Gasteiger partial charge in [-0.3, -0.25) is 0 Å². The molecule has 124 valence electrons. The highest BCUT2D eigenvalue weighted by molar-refractivity contribution is 7.87. The van der Waals surface area contributed by atoms with E-state index in [1.54, 1.807) is 7.05 Å². The van der Waals surface area contributed by atoms with Crippen LogP contribution in [0.4, 0.5) is 0 Å². The van der Waals surface area contributed by atoms with Gasteiger partial charge in [0.25, 0.3) is 10.2 Å².